The normalized spacial score (nSPS) is 13.6. The lowest BCUT2D eigenvalue weighted by Crippen LogP contribution is -2.49. The zero-order chi connectivity index (χ0) is 46.1. The van der Waals surface area contributed by atoms with E-state index in [2.05, 4.69) is 236 Å². The topological polar surface area (TPSA) is 25.9 Å². The van der Waals surface area contributed by atoms with Crippen molar-refractivity contribution in [2.45, 2.75) is 198 Å². The summed E-state index contributed by atoms with van der Waals surface area (Å²) < 4.78 is 0. The van der Waals surface area contributed by atoms with Crippen LogP contribution in [0.3, 0.4) is 0 Å². The Morgan fingerprint density at radius 3 is 0.764 bits per heavy atom. The van der Waals surface area contributed by atoms with Gasteiger partial charge in [-0.1, -0.05) is 40.0 Å². The van der Waals surface area contributed by atoms with Gasteiger partial charge in [0.1, 0.15) is 0 Å². The summed E-state index contributed by atoms with van der Waals surface area (Å²) in [6, 6.07) is 2.92. The molecule has 0 aliphatic heterocycles. The molecule has 1 rings (SSSR count). The lowest BCUT2D eigenvalue weighted by Gasteiger charge is -2.42. The van der Waals surface area contributed by atoms with Gasteiger partial charge in [0.25, 0.3) is 0 Å². The SMILES string of the molecule is CC(C)N(C)C.CC(C)N(C)C(C)C.CCN(C)C.CCN(C)CC.CN(C(C)(C)C)C(C)(C)C.CN(C)C.CN(C)C(C)(C)C.CN(C)C1CCCCC1. The predicted octanol–water partition coefficient (Wildman–Crippen LogP) is 10.1. The van der Waals surface area contributed by atoms with E-state index in [1.807, 2.05) is 26.0 Å². The first-order valence-corrected chi connectivity index (χ1v) is 21.8. The van der Waals surface area contributed by atoms with Gasteiger partial charge in [-0.3, -0.25) is 4.90 Å². The van der Waals surface area contributed by atoms with Gasteiger partial charge in [-0.25, -0.2) is 0 Å². The third kappa shape index (κ3) is 63.1. The third-order valence-corrected chi connectivity index (χ3v) is 10.0. The van der Waals surface area contributed by atoms with Crippen molar-refractivity contribution in [2.24, 2.45) is 0 Å². The van der Waals surface area contributed by atoms with Crippen LogP contribution in [0.2, 0.25) is 0 Å². The predicted molar refractivity (Wildman–Crippen MR) is 261 cm³/mol. The van der Waals surface area contributed by atoms with Crippen LogP contribution in [-0.4, -0.2) is 198 Å². The monoisotopic (exact) mass is 793 g/mol. The van der Waals surface area contributed by atoms with Crippen molar-refractivity contribution < 1.29 is 0 Å². The smallest absolute Gasteiger partial charge is 0.0127 e. The van der Waals surface area contributed by atoms with E-state index in [0.29, 0.717) is 23.7 Å². The molecule has 0 amide bonds. The van der Waals surface area contributed by atoms with E-state index in [-0.39, 0.29) is 11.1 Å². The lowest BCUT2D eigenvalue weighted by atomic mass is 9.95. The van der Waals surface area contributed by atoms with E-state index in [4.69, 9.17) is 0 Å². The van der Waals surface area contributed by atoms with Crippen LogP contribution >= 0.6 is 0 Å². The Labute approximate surface area is 354 Å². The second-order valence-electron chi connectivity index (χ2n) is 20.4. The van der Waals surface area contributed by atoms with Gasteiger partial charge >= 0.3 is 0 Å². The fourth-order valence-electron chi connectivity index (χ4n) is 3.42. The summed E-state index contributed by atoms with van der Waals surface area (Å²) >= 11 is 0. The van der Waals surface area contributed by atoms with Crippen molar-refractivity contribution >= 4 is 0 Å². The van der Waals surface area contributed by atoms with Crippen molar-refractivity contribution in [2.75, 3.05) is 118 Å². The van der Waals surface area contributed by atoms with Crippen LogP contribution in [0, 0.1) is 0 Å². The minimum absolute atomic E-state index is 0.276. The molecule has 0 spiro atoms. The van der Waals surface area contributed by atoms with E-state index in [9.17, 15) is 0 Å². The first kappa shape index (κ1) is 69.3. The van der Waals surface area contributed by atoms with Crippen LogP contribution in [0.5, 0.6) is 0 Å². The molecule has 8 heteroatoms. The molecule has 0 N–H and O–H groups in total. The molecule has 55 heavy (non-hydrogen) atoms. The molecule has 1 fully saturated rings. The highest BCUT2D eigenvalue weighted by Gasteiger charge is 2.27. The molecular formula is C47H116N8. The van der Waals surface area contributed by atoms with Crippen LogP contribution in [0.1, 0.15) is 157 Å². The highest BCUT2D eigenvalue weighted by molar-refractivity contribution is 4.83. The van der Waals surface area contributed by atoms with E-state index < -0.39 is 0 Å². The third-order valence-electron chi connectivity index (χ3n) is 10.0. The molecule has 0 aromatic rings. The molecule has 0 heterocycles. The number of hydrogen-bond acceptors (Lipinski definition) is 8. The number of rotatable bonds is 7. The Hall–Kier alpha value is -0.320. The van der Waals surface area contributed by atoms with Gasteiger partial charge in [0, 0.05) is 40.8 Å². The second-order valence-corrected chi connectivity index (χ2v) is 20.4. The van der Waals surface area contributed by atoms with Gasteiger partial charge in [0.05, 0.1) is 0 Å². The zero-order valence-corrected chi connectivity index (χ0v) is 45.0. The average Bonchev–Trinajstić information content (AvgIpc) is 3.04. The van der Waals surface area contributed by atoms with Gasteiger partial charge in [-0.2, -0.15) is 0 Å². The molecule has 0 aromatic carbocycles. The average molecular weight is 794 g/mol. The van der Waals surface area contributed by atoms with Crippen molar-refractivity contribution in [3.63, 3.8) is 0 Å². The van der Waals surface area contributed by atoms with E-state index >= 15 is 0 Å². The molecule has 1 aliphatic carbocycles. The highest BCUT2D eigenvalue weighted by Crippen LogP contribution is 2.21. The van der Waals surface area contributed by atoms with Gasteiger partial charge in [-0.05, 0) is 235 Å². The Kier molecular flexibility index (Phi) is 49.3. The Morgan fingerprint density at radius 1 is 0.455 bits per heavy atom. The summed E-state index contributed by atoms with van der Waals surface area (Å²) in [5.74, 6) is 0. The maximum Gasteiger partial charge on any atom is 0.0127 e. The Bertz CT molecular complexity index is 686. The minimum Gasteiger partial charge on any atom is -0.312 e. The number of nitrogens with zero attached hydrogens (tertiary/aromatic N) is 8. The summed E-state index contributed by atoms with van der Waals surface area (Å²) in [5, 5.41) is 0. The molecule has 8 nitrogen and oxygen atoms in total. The van der Waals surface area contributed by atoms with E-state index in [1.54, 1.807) is 0 Å². The minimum atomic E-state index is 0.276. The summed E-state index contributed by atoms with van der Waals surface area (Å²) in [5.41, 5.74) is 0.885. The summed E-state index contributed by atoms with van der Waals surface area (Å²) in [6.07, 6.45) is 7.20. The second kappa shape index (κ2) is 39.2. The lowest BCUT2D eigenvalue weighted by molar-refractivity contribution is 0.0700. The molecule has 0 saturated heterocycles. The van der Waals surface area contributed by atoms with E-state index in [0.717, 1.165) is 25.7 Å². The molecule has 0 atom stereocenters. The first-order valence-electron chi connectivity index (χ1n) is 21.8. The van der Waals surface area contributed by atoms with Crippen molar-refractivity contribution in [3.8, 4) is 0 Å². The van der Waals surface area contributed by atoms with Crippen LogP contribution in [0.4, 0.5) is 0 Å². The largest absolute Gasteiger partial charge is 0.312 e. The Morgan fingerprint density at radius 2 is 0.709 bits per heavy atom. The molecule has 0 unspecified atom stereocenters. The van der Waals surface area contributed by atoms with Gasteiger partial charge in [0.15, 0.2) is 0 Å². The quantitative estimate of drug-likeness (QED) is 0.252. The maximum atomic E-state index is 2.38. The maximum absolute atomic E-state index is 2.38. The van der Waals surface area contributed by atoms with Crippen molar-refractivity contribution in [3.05, 3.63) is 0 Å². The molecule has 0 aromatic heterocycles. The summed E-state index contributed by atoms with van der Waals surface area (Å²) in [6.45, 7) is 43.0. The summed E-state index contributed by atoms with van der Waals surface area (Å²) in [7, 11) is 29.2. The fraction of sp³-hybridized carbons (Fsp3) is 1.00. The number of hydrogen-bond donors (Lipinski definition) is 0. The van der Waals surface area contributed by atoms with Gasteiger partial charge in [-0.15, -0.1) is 0 Å². The summed E-state index contributed by atoms with van der Waals surface area (Å²) in [4.78, 5) is 17.8. The molecular weight excluding hydrogens is 677 g/mol. The first-order chi connectivity index (χ1) is 24.4. The van der Waals surface area contributed by atoms with Gasteiger partial charge in [0.2, 0.25) is 0 Å². The molecule has 344 valence electrons. The highest BCUT2D eigenvalue weighted by atomic mass is 15.2. The molecule has 1 saturated carbocycles. The van der Waals surface area contributed by atoms with Crippen molar-refractivity contribution in [1.29, 1.82) is 0 Å². The molecule has 0 bridgehead atoms. The standard InChI is InChI=1S/C9H21N.C8H17N.C7H17N.C6H15N.2C5H13N.C4H11N.C3H9N/c1-8(2,3)10(7)9(4,5)6;1-9(2)8-6-4-3-5-7-8;1-6(2)8(5)7(3)4;1-6(2,3)7(4)5;1-5(2)6(3)4;1-4-6(3)5-2;1-4-5(2)3;1-4(2)3/h1-7H3;8H,3-7H2,1-2H3;6-7H,1-5H3;1-5H3;5H,1-4H3;4-5H2,1-3H3;4H2,1-3H3;1-3H3. The molecule has 0 radical (unpaired) electrons. The van der Waals surface area contributed by atoms with E-state index in [1.165, 1.54) is 32.1 Å². The fourth-order valence-corrected chi connectivity index (χ4v) is 3.42. The Balaban J connectivity index is -0.0000000972. The van der Waals surface area contributed by atoms with Crippen LogP contribution in [0.15, 0.2) is 0 Å². The zero-order valence-electron chi connectivity index (χ0n) is 45.0. The van der Waals surface area contributed by atoms with Crippen molar-refractivity contribution in [1.82, 2.24) is 39.2 Å². The van der Waals surface area contributed by atoms with Gasteiger partial charge < -0.3 is 34.3 Å². The molecule has 1 aliphatic rings. The van der Waals surface area contributed by atoms with Crippen LogP contribution in [-0.2, 0) is 0 Å². The van der Waals surface area contributed by atoms with Crippen LogP contribution < -0.4 is 0 Å². The van der Waals surface area contributed by atoms with Crippen LogP contribution in [0.25, 0.3) is 0 Å².